The summed E-state index contributed by atoms with van der Waals surface area (Å²) in [6.45, 7) is 4.86. The zero-order chi connectivity index (χ0) is 12.8. The number of anilines is 1. The Morgan fingerprint density at radius 2 is 2.24 bits per heavy atom. The van der Waals surface area contributed by atoms with Gasteiger partial charge < -0.3 is 10.4 Å². The molecular formula is C13H19NO2S. The van der Waals surface area contributed by atoms with E-state index in [4.69, 9.17) is 5.11 Å². The highest BCUT2D eigenvalue weighted by Crippen LogP contribution is 2.18. The molecule has 0 radical (unpaired) electrons. The van der Waals surface area contributed by atoms with Gasteiger partial charge in [-0.3, -0.25) is 0 Å². The van der Waals surface area contributed by atoms with Gasteiger partial charge in [-0.05, 0) is 31.7 Å². The lowest BCUT2D eigenvalue weighted by Crippen LogP contribution is -2.11. The highest BCUT2D eigenvalue weighted by molar-refractivity contribution is 7.99. The van der Waals surface area contributed by atoms with Gasteiger partial charge in [0.05, 0.1) is 5.56 Å². The van der Waals surface area contributed by atoms with Crippen LogP contribution in [0.4, 0.5) is 5.69 Å². The number of carbonyl (C=O) groups is 1. The van der Waals surface area contributed by atoms with E-state index in [0.717, 1.165) is 18.5 Å². The lowest BCUT2D eigenvalue weighted by Gasteiger charge is -2.12. The van der Waals surface area contributed by atoms with Gasteiger partial charge in [0.25, 0.3) is 0 Å². The summed E-state index contributed by atoms with van der Waals surface area (Å²) in [4.78, 5) is 11.1. The van der Waals surface area contributed by atoms with Crippen molar-refractivity contribution in [1.29, 1.82) is 0 Å². The van der Waals surface area contributed by atoms with Gasteiger partial charge in [0, 0.05) is 17.5 Å². The average Bonchev–Trinajstić information content (AvgIpc) is 2.30. The molecular weight excluding hydrogens is 234 g/mol. The third kappa shape index (κ3) is 4.30. The van der Waals surface area contributed by atoms with Crippen LogP contribution >= 0.6 is 11.8 Å². The van der Waals surface area contributed by atoms with Gasteiger partial charge >= 0.3 is 5.97 Å². The first-order chi connectivity index (χ1) is 8.04. The fourth-order valence-electron chi connectivity index (χ4n) is 1.52. The van der Waals surface area contributed by atoms with Crippen molar-refractivity contribution in [1.82, 2.24) is 0 Å². The quantitative estimate of drug-likeness (QED) is 0.817. The molecule has 0 aliphatic carbocycles. The maximum absolute atomic E-state index is 11.1. The smallest absolute Gasteiger partial charge is 0.337 e. The van der Waals surface area contributed by atoms with Crippen LogP contribution in [0.2, 0.25) is 0 Å². The van der Waals surface area contributed by atoms with Crippen molar-refractivity contribution in [3.05, 3.63) is 29.3 Å². The van der Waals surface area contributed by atoms with Crippen molar-refractivity contribution < 1.29 is 9.90 Å². The summed E-state index contributed by atoms with van der Waals surface area (Å²) in [6, 6.07) is 5.46. The predicted molar refractivity (Wildman–Crippen MR) is 74.2 cm³/mol. The Bertz CT molecular complexity index is 393. The lowest BCUT2D eigenvalue weighted by atomic mass is 10.1. The highest BCUT2D eigenvalue weighted by Gasteiger charge is 2.09. The van der Waals surface area contributed by atoms with E-state index < -0.39 is 5.97 Å². The number of hydrogen-bond acceptors (Lipinski definition) is 3. The van der Waals surface area contributed by atoms with E-state index in [1.807, 2.05) is 30.8 Å². The van der Waals surface area contributed by atoms with Gasteiger partial charge in [0.15, 0.2) is 0 Å². The van der Waals surface area contributed by atoms with E-state index in [1.54, 1.807) is 6.07 Å². The molecule has 0 aromatic heterocycles. The molecule has 4 heteroatoms. The van der Waals surface area contributed by atoms with E-state index >= 15 is 0 Å². The minimum atomic E-state index is -0.880. The number of thioether (sulfide) groups is 1. The normalized spacial score (nSPS) is 12.2. The van der Waals surface area contributed by atoms with Crippen LogP contribution in [-0.4, -0.2) is 29.1 Å². The Labute approximate surface area is 107 Å². The van der Waals surface area contributed by atoms with Crippen LogP contribution in [0, 0.1) is 6.92 Å². The van der Waals surface area contributed by atoms with Crippen LogP contribution in [0.15, 0.2) is 18.2 Å². The van der Waals surface area contributed by atoms with Crippen molar-refractivity contribution >= 4 is 23.4 Å². The fourth-order valence-corrected chi connectivity index (χ4v) is 1.87. The number of rotatable bonds is 6. The van der Waals surface area contributed by atoms with Crippen molar-refractivity contribution in [3.63, 3.8) is 0 Å². The van der Waals surface area contributed by atoms with Crippen molar-refractivity contribution in [2.45, 2.75) is 25.5 Å². The molecule has 0 spiro atoms. The van der Waals surface area contributed by atoms with Crippen LogP contribution in [0.3, 0.4) is 0 Å². The van der Waals surface area contributed by atoms with E-state index in [9.17, 15) is 4.79 Å². The maximum Gasteiger partial charge on any atom is 0.337 e. The summed E-state index contributed by atoms with van der Waals surface area (Å²) < 4.78 is 0. The molecule has 3 nitrogen and oxygen atoms in total. The van der Waals surface area contributed by atoms with Crippen molar-refractivity contribution in [2.24, 2.45) is 0 Å². The van der Waals surface area contributed by atoms with Gasteiger partial charge in [-0.25, -0.2) is 4.79 Å². The second-order valence-corrected chi connectivity index (χ2v) is 5.39. The molecule has 2 N–H and O–H groups in total. The SMILES string of the molecule is CSC(C)CCNc1ccc(C)cc1C(=O)O. The van der Waals surface area contributed by atoms with Crippen LogP contribution < -0.4 is 5.32 Å². The largest absolute Gasteiger partial charge is 0.478 e. The molecule has 1 unspecified atom stereocenters. The minimum absolute atomic E-state index is 0.349. The number of aromatic carboxylic acids is 1. The maximum atomic E-state index is 11.1. The molecule has 0 aliphatic heterocycles. The molecule has 0 saturated carbocycles. The molecule has 1 aromatic rings. The average molecular weight is 253 g/mol. The first-order valence-electron chi connectivity index (χ1n) is 5.65. The monoisotopic (exact) mass is 253 g/mol. The Balaban J connectivity index is 2.67. The predicted octanol–water partition coefficient (Wildman–Crippen LogP) is 3.25. The highest BCUT2D eigenvalue weighted by atomic mass is 32.2. The Morgan fingerprint density at radius 1 is 1.53 bits per heavy atom. The summed E-state index contributed by atoms with van der Waals surface area (Å²) >= 11 is 1.82. The zero-order valence-electron chi connectivity index (χ0n) is 10.5. The molecule has 0 saturated heterocycles. The molecule has 1 rings (SSSR count). The summed E-state index contributed by atoms with van der Waals surface area (Å²) in [5.74, 6) is -0.880. The second-order valence-electron chi connectivity index (χ2n) is 4.12. The number of carboxylic acids is 1. The molecule has 0 fully saturated rings. The minimum Gasteiger partial charge on any atom is -0.478 e. The zero-order valence-corrected chi connectivity index (χ0v) is 11.3. The Morgan fingerprint density at radius 3 is 2.82 bits per heavy atom. The van der Waals surface area contributed by atoms with Crippen LogP contribution in [0.1, 0.15) is 29.3 Å². The third-order valence-corrected chi connectivity index (χ3v) is 3.71. The van der Waals surface area contributed by atoms with E-state index in [2.05, 4.69) is 18.5 Å². The van der Waals surface area contributed by atoms with Crippen LogP contribution in [0.5, 0.6) is 0 Å². The van der Waals surface area contributed by atoms with E-state index in [1.165, 1.54) is 0 Å². The van der Waals surface area contributed by atoms with Gasteiger partial charge in [-0.15, -0.1) is 0 Å². The van der Waals surface area contributed by atoms with Crippen molar-refractivity contribution in [3.8, 4) is 0 Å². The standard InChI is InChI=1S/C13H19NO2S/c1-9-4-5-12(11(8-9)13(15)16)14-7-6-10(2)17-3/h4-5,8,10,14H,6-7H2,1-3H3,(H,15,16). The Kier molecular flexibility index (Phi) is 5.35. The number of nitrogens with one attached hydrogen (secondary N) is 1. The van der Waals surface area contributed by atoms with Crippen LogP contribution in [0.25, 0.3) is 0 Å². The molecule has 94 valence electrons. The molecule has 0 heterocycles. The number of hydrogen-bond donors (Lipinski definition) is 2. The summed E-state index contributed by atoms with van der Waals surface area (Å²) in [5, 5.41) is 12.9. The molecule has 0 aliphatic rings. The molecule has 1 atom stereocenters. The first-order valence-corrected chi connectivity index (χ1v) is 6.94. The number of benzene rings is 1. The molecule has 17 heavy (non-hydrogen) atoms. The fraction of sp³-hybridized carbons (Fsp3) is 0.462. The molecule has 1 aromatic carbocycles. The number of aryl methyl sites for hydroxylation is 1. The third-order valence-electron chi connectivity index (χ3n) is 2.67. The molecule has 0 bridgehead atoms. The van der Waals surface area contributed by atoms with Gasteiger partial charge in [-0.1, -0.05) is 18.6 Å². The second kappa shape index (κ2) is 6.55. The number of carboxylic acid groups (broad SMARTS) is 1. The topological polar surface area (TPSA) is 49.3 Å². The van der Waals surface area contributed by atoms with Gasteiger partial charge in [0.2, 0.25) is 0 Å². The summed E-state index contributed by atoms with van der Waals surface area (Å²) in [7, 11) is 0. The van der Waals surface area contributed by atoms with E-state index in [-0.39, 0.29) is 0 Å². The first kappa shape index (κ1) is 13.9. The summed E-state index contributed by atoms with van der Waals surface area (Å²) in [5.41, 5.74) is 2.02. The van der Waals surface area contributed by atoms with Crippen molar-refractivity contribution in [2.75, 3.05) is 18.1 Å². The van der Waals surface area contributed by atoms with Crippen LogP contribution in [-0.2, 0) is 0 Å². The lowest BCUT2D eigenvalue weighted by molar-refractivity contribution is 0.0698. The summed E-state index contributed by atoms with van der Waals surface area (Å²) in [6.07, 6.45) is 3.10. The van der Waals surface area contributed by atoms with E-state index in [0.29, 0.717) is 16.5 Å². The van der Waals surface area contributed by atoms with Gasteiger partial charge in [0.1, 0.15) is 0 Å². The van der Waals surface area contributed by atoms with Gasteiger partial charge in [-0.2, -0.15) is 11.8 Å². The Hall–Kier alpha value is -1.16. The molecule has 0 amide bonds.